The maximum Gasteiger partial charge on any atom is 0.344 e. The summed E-state index contributed by atoms with van der Waals surface area (Å²) in [6.45, 7) is 6.72. The van der Waals surface area contributed by atoms with Crippen molar-refractivity contribution in [1.29, 1.82) is 0 Å². The van der Waals surface area contributed by atoms with Gasteiger partial charge in [0.2, 0.25) is 5.78 Å². The molecule has 0 spiro atoms. The number of halogens is 2. The molecule has 0 fully saturated rings. The smallest absolute Gasteiger partial charge is 0.344 e. The Labute approximate surface area is 172 Å². The van der Waals surface area contributed by atoms with Gasteiger partial charge in [-0.25, -0.2) is 9.18 Å². The number of benzene rings is 2. The molecule has 0 atom stereocenters. The summed E-state index contributed by atoms with van der Waals surface area (Å²) in [5.41, 5.74) is 3.13. The molecule has 0 unspecified atom stereocenters. The summed E-state index contributed by atoms with van der Waals surface area (Å²) in [5.74, 6) is -1.69. The van der Waals surface area contributed by atoms with Crippen molar-refractivity contribution in [2.24, 2.45) is 0 Å². The van der Waals surface area contributed by atoms with E-state index in [0.717, 1.165) is 16.7 Å². The standard InChI is InChI=1S/C22H19ClFNO4/c1-11-8-13(3)15(9-12(11)2)18(26)10-28-22(27)19-14(4)29-25-21(19)20-16(23)6-5-7-17(20)24/h5-9H,10H2,1-4H3. The zero-order chi connectivity index (χ0) is 21.3. The van der Waals surface area contributed by atoms with Crippen LogP contribution in [-0.4, -0.2) is 23.5 Å². The molecule has 0 bridgehead atoms. The van der Waals surface area contributed by atoms with Crippen LogP contribution in [0.1, 0.15) is 43.2 Å². The summed E-state index contributed by atoms with van der Waals surface area (Å²) in [6.07, 6.45) is 0. The number of nitrogens with zero attached hydrogens (tertiary/aromatic N) is 1. The van der Waals surface area contributed by atoms with E-state index in [4.69, 9.17) is 20.9 Å². The van der Waals surface area contributed by atoms with Crippen molar-refractivity contribution in [2.45, 2.75) is 27.7 Å². The Kier molecular flexibility index (Phi) is 5.84. The molecule has 1 heterocycles. The quantitative estimate of drug-likeness (QED) is 0.411. The molecule has 7 heteroatoms. The average Bonchev–Trinajstić information content (AvgIpc) is 3.03. The second kappa shape index (κ2) is 8.17. The third-order valence-electron chi connectivity index (χ3n) is 4.74. The molecule has 0 saturated heterocycles. The first-order valence-corrected chi connectivity index (χ1v) is 9.27. The highest BCUT2D eigenvalue weighted by Crippen LogP contribution is 2.33. The van der Waals surface area contributed by atoms with Crippen LogP contribution in [0.25, 0.3) is 11.3 Å². The van der Waals surface area contributed by atoms with Crippen molar-refractivity contribution < 1.29 is 23.2 Å². The minimum atomic E-state index is -0.840. The molecule has 150 valence electrons. The summed E-state index contributed by atoms with van der Waals surface area (Å²) >= 11 is 6.07. The van der Waals surface area contributed by atoms with Crippen molar-refractivity contribution in [3.05, 3.63) is 74.7 Å². The largest absolute Gasteiger partial charge is 0.454 e. The Morgan fingerprint density at radius 1 is 1.10 bits per heavy atom. The topological polar surface area (TPSA) is 69.4 Å². The van der Waals surface area contributed by atoms with Crippen LogP contribution in [0.5, 0.6) is 0 Å². The van der Waals surface area contributed by atoms with Crippen molar-refractivity contribution >= 4 is 23.4 Å². The van der Waals surface area contributed by atoms with Crippen LogP contribution in [0.2, 0.25) is 5.02 Å². The van der Waals surface area contributed by atoms with Gasteiger partial charge in [-0.1, -0.05) is 28.9 Å². The predicted octanol–water partition coefficient (Wildman–Crippen LogP) is 5.41. The van der Waals surface area contributed by atoms with Gasteiger partial charge in [0, 0.05) is 5.56 Å². The maximum absolute atomic E-state index is 14.3. The zero-order valence-electron chi connectivity index (χ0n) is 16.4. The Morgan fingerprint density at radius 2 is 1.79 bits per heavy atom. The number of Topliss-reactive ketones (excluding diaryl/α,β-unsaturated/α-hetero) is 1. The molecule has 0 aliphatic carbocycles. The van der Waals surface area contributed by atoms with E-state index in [1.165, 1.54) is 25.1 Å². The number of ether oxygens (including phenoxy) is 1. The number of esters is 1. The first kappa shape index (κ1) is 20.7. The molecule has 3 rings (SSSR count). The number of aryl methyl sites for hydroxylation is 4. The van der Waals surface area contributed by atoms with Crippen molar-refractivity contribution in [3.63, 3.8) is 0 Å². The van der Waals surface area contributed by atoms with Crippen LogP contribution in [0.4, 0.5) is 4.39 Å². The summed E-state index contributed by atoms with van der Waals surface area (Å²) in [5, 5.41) is 3.84. The Hall–Kier alpha value is -2.99. The second-order valence-corrected chi connectivity index (χ2v) is 7.22. The fourth-order valence-corrected chi connectivity index (χ4v) is 3.30. The number of ketones is 1. The molecule has 3 aromatic rings. The molecule has 0 amide bonds. The lowest BCUT2D eigenvalue weighted by Crippen LogP contribution is -2.16. The fourth-order valence-electron chi connectivity index (χ4n) is 3.05. The third-order valence-corrected chi connectivity index (χ3v) is 5.06. The van der Waals surface area contributed by atoms with E-state index in [2.05, 4.69) is 5.16 Å². The Balaban J connectivity index is 1.85. The Bertz CT molecular complexity index is 1100. The number of hydrogen-bond acceptors (Lipinski definition) is 5. The van der Waals surface area contributed by atoms with Crippen LogP contribution in [0, 0.1) is 33.5 Å². The highest BCUT2D eigenvalue weighted by molar-refractivity contribution is 6.33. The lowest BCUT2D eigenvalue weighted by atomic mass is 9.98. The van der Waals surface area contributed by atoms with Crippen LogP contribution in [-0.2, 0) is 4.74 Å². The predicted molar refractivity (Wildman–Crippen MR) is 107 cm³/mol. The maximum atomic E-state index is 14.3. The van der Waals surface area contributed by atoms with Crippen molar-refractivity contribution in [1.82, 2.24) is 5.16 Å². The molecule has 0 saturated carbocycles. The Morgan fingerprint density at radius 3 is 2.48 bits per heavy atom. The van der Waals surface area contributed by atoms with E-state index in [-0.39, 0.29) is 33.4 Å². The molecule has 0 N–H and O–H groups in total. The first-order valence-electron chi connectivity index (χ1n) is 8.89. The van der Waals surface area contributed by atoms with E-state index in [9.17, 15) is 14.0 Å². The molecule has 0 aliphatic heterocycles. The van der Waals surface area contributed by atoms with E-state index < -0.39 is 18.4 Å². The minimum Gasteiger partial charge on any atom is -0.454 e. The summed E-state index contributed by atoms with van der Waals surface area (Å²) in [7, 11) is 0. The lowest BCUT2D eigenvalue weighted by molar-refractivity contribution is 0.0473. The number of carbonyl (C=O) groups is 2. The van der Waals surface area contributed by atoms with Crippen LogP contribution in [0.3, 0.4) is 0 Å². The molecule has 0 aliphatic rings. The number of aromatic nitrogens is 1. The second-order valence-electron chi connectivity index (χ2n) is 6.81. The van der Waals surface area contributed by atoms with E-state index in [1.54, 1.807) is 6.07 Å². The third kappa shape index (κ3) is 4.07. The normalized spacial score (nSPS) is 10.8. The van der Waals surface area contributed by atoms with Gasteiger partial charge >= 0.3 is 5.97 Å². The van der Waals surface area contributed by atoms with Gasteiger partial charge in [-0.15, -0.1) is 0 Å². The van der Waals surface area contributed by atoms with Crippen LogP contribution >= 0.6 is 11.6 Å². The minimum absolute atomic E-state index is 0.0608. The highest BCUT2D eigenvalue weighted by Gasteiger charge is 2.27. The van der Waals surface area contributed by atoms with Gasteiger partial charge in [0.05, 0.1) is 10.6 Å². The van der Waals surface area contributed by atoms with Crippen LogP contribution < -0.4 is 0 Å². The molecule has 0 radical (unpaired) electrons. The number of rotatable bonds is 5. The zero-order valence-corrected chi connectivity index (χ0v) is 17.2. The van der Waals surface area contributed by atoms with Gasteiger partial charge in [-0.3, -0.25) is 4.79 Å². The summed E-state index contributed by atoms with van der Waals surface area (Å²) in [4.78, 5) is 25.2. The number of hydrogen-bond donors (Lipinski definition) is 0. The monoisotopic (exact) mass is 415 g/mol. The van der Waals surface area contributed by atoms with Gasteiger partial charge in [-0.05, 0) is 62.6 Å². The molecule has 2 aromatic carbocycles. The molecule has 1 aromatic heterocycles. The molecular formula is C22H19ClFNO4. The lowest BCUT2D eigenvalue weighted by Gasteiger charge is -2.10. The van der Waals surface area contributed by atoms with Gasteiger partial charge in [0.15, 0.2) is 6.61 Å². The number of carbonyl (C=O) groups excluding carboxylic acids is 2. The van der Waals surface area contributed by atoms with E-state index in [0.29, 0.717) is 5.56 Å². The molecule has 29 heavy (non-hydrogen) atoms. The van der Waals surface area contributed by atoms with Gasteiger partial charge in [0.25, 0.3) is 0 Å². The van der Waals surface area contributed by atoms with Gasteiger partial charge in [0.1, 0.15) is 22.8 Å². The summed E-state index contributed by atoms with van der Waals surface area (Å²) in [6, 6.07) is 7.80. The van der Waals surface area contributed by atoms with Crippen molar-refractivity contribution in [2.75, 3.05) is 6.61 Å². The van der Waals surface area contributed by atoms with Gasteiger partial charge < -0.3 is 9.26 Å². The van der Waals surface area contributed by atoms with Crippen LogP contribution in [0.15, 0.2) is 34.9 Å². The highest BCUT2D eigenvalue weighted by atomic mass is 35.5. The average molecular weight is 416 g/mol. The van der Waals surface area contributed by atoms with E-state index >= 15 is 0 Å². The van der Waals surface area contributed by atoms with Crippen molar-refractivity contribution in [3.8, 4) is 11.3 Å². The SMILES string of the molecule is Cc1cc(C)c(C(=O)COC(=O)c2c(-c3c(F)cccc3Cl)noc2C)cc1C. The molecular weight excluding hydrogens is 397 g/mol. The summed E-state index contributed by atoms with van der Waals surface area (Å²) < 4.78 is 24.5. The van der Waals surface area contributed by atoms with Gasteiger partial charge in [-0.2, -0.15) is 0 Å². The molecule has 5 nitrogen and oxygen atoms in total. The first-order chi connectivity index (χ1) is 13.7. The van der Waals surface area contributed by atoms with E-state index in [1.807, 2.05) is 26.8 Å². The fraction of sp³-hybridized carbons (Fsp3) is 0.227.